The molecule has 5 nitrogen and oxygen atoms in total. The van der Waals surface area contributed by atoms with E-state index >= 15 is 0 Å². The molecular formula is C16H12Cl2FN3O2. The number of carbonyl (C=O) groups is 2. The van der Waals surface area contributed by atoms with Gasteiger partial charge in [0.2, 0.25) is 0 Å². The van der Waals surface area contributed by atoms with Crippen LogP contribution in [-0.4, -0.2) is 24.6 Å². The summed E-state index contributed by atoms with van der Waals surface area (Å²) < 4.78 is 13.0. The highest BCUT2D eigenvalue weighted by molar-refractivity contribution is 6.42. The zero-order valence-corrected chi connectivity index (χ0v) is 13.7. The first-order chi connectivity index (χ1) is 11.5. The van der Waals surface area contributed by atoms with Crippen LogP contribution in [0.15, 0.2) is 47.6 Å². The van der Waals surface area contributed by atoms with E-state index in [1.54, 1.807) is 6.07 Å². The molecule has 2 amide bonds. The molecule has 0 bridgehead atoms. The minimum absolute atomic E-state index is 0.244. The highest BCUT2D eigenvalue weighted by Gasteiger charge is 2.09. The fourth-order valence-corrected chi connectivity index (χ4v) is 2.00. The molecule has 0 spiro atoms. The minimum Gasteiger partial charge on any atom is -0.343 e. The first kappa shape index (κ1) is 17.9. The predicted octanol–water partition coefficient (Wildman–Crippen LogP) is 3.01. The van der Waals surface area contributed by atoms with Gasteiger partial charge in [-0.15, -0.1) is 0 Å². The lowest BCUT2D eigenvalue weighted by Crippen LogP contribution is -2.34. The zero-order valence-electron chi connectivity index (χ0n) is 12.2. The Kier molecular flexibility index (Phi) is 6.28. The number of nitrogens with one attached hydrogen (secondary N) is 2. The molecule has 2 N–H and O–H groups in total. The zero-order chi connectivity index (χ0) is 17.5. The van der Waals surface area contributed by atoms with Gasteiger partial charge in [-0.25, -0.2) is 9.82 Å². The Morgan fingerprint density at radius 2 is 1.92 bits per heavy atom. The van der Waals surface area contributed by atoms with E-state index in [1.165, 1.54) is 42.6 Å². The lowest BCUT2D eigenvalue weighted by atomic mass is 10.2. The highest BCUT2D eigenvalue weighted by atomic mass is 35.5. The van der Waals surface area contributed by atoms with Gasteiger partial charge in [0.1, 0.15) is 5.82 Å². The van der Waals surface area contributed by atoms with Gasteiger partial charge in [0, 0.05) is 5.56 Å². The van der Waals surface area contributed by atoms with Crippen LogP contribution in [-0.2, 0) is 4.79 Å². The molecule has 124 valence electrons. The number of halogens is 3. The van der Waals surface area contributed by atoms with Gasteiger partial charge in [0.15, 0.2) is 0 Å². The van der Waals surface area contributed by atoms with Gasteiger partial charge < -0.3 is 5.32 Å². The smallest absolute Gasteiger partial charge is 0.259 e. The SMILES string of the molecule is O=C(CNC(=O)c1ccc(Cl)c(Cl)c1)NN=Cc1cccc(F)c1. The lowest BCUT2D eigenvalue weighted by molar-refractivity contribution is -0.120. The fraction of sp³-hybridized carbons (Fsp3) is 0.0625. The Balaban J connectivity index is 1.82. The number of carbonyl (C=O) groups excluding carboxylic acids is 2. The van der Waals surface area contributed by atoms with Crippen LogP contribution in [0.3, 0.4) is 0 Å². The molecule has 0 unspecified atom stereocenters. The molecule has 0 saturated carbocycles. The molecule has 0 aliphatic rings. The summed E-state index contributed by atoms with van der Waals surface area (Å²) in [6.45, 7) is -0.278. The van der Waals surface area contributed by atoms with Crippen LogP contribution < -0.4 is 10.7 Å². The Bertz CT molecular complexity index is 797. The average molecular weight is 368 g/mol. The molecule has 0 fully saturated rings. The molecule has 2 rings (SSSR count). The molecule has 2 aromatic rings. The Morgan fingerprint density at radius 1 is 1.12 bits per heavy atom. The largest absolute Gasteiger partial charge is 0.343 e. The van der Waals surface area contributed by atoms with Crippen molar-refractivity contribution in [2.75, 3.05) is 6.54 Å². The van der Waals surface area contributed by atoms with Crippen molar-refractivity contribution in [1.29, 1.82) is 0 Å². The van der Waals surface area contributed by atoms with Crippen molar-refractivity contribution in [3.63, 3.8) is 0 Å². The number of hydrazone groups is 1. The average Bonchev–Trinajstić information content (AvgIpc) is 2.55. The van der Waals surface area contributed by atoms with Crippen molar-refractivity contribution in [3.8, 4) is 0 Å². The van der Waals surface area contributed by atoms with Gasteiger partial charge in [-0.05, 0) is 35.9 Å². The van der Waals surface area contributed by atoms with Crippen LogP contribution >= 0.6 is 23.2 Å². The lowest BCUT2D eigenvalue weighted by Gasteiger charge is -2.05. The Labute approximate surface area is 147 Å². The number of benzene rings is 2. The van der Waals surface area contributed by atoms with Crippen molar-refractivity contribution in [2.45, 2.75) is 0 Å². The van der Waals surface area contributed by atoms with E-state index in [0.717, 1.165) is 0 Å². The van der Waals surface area contributed by atoms with Gasteiger partial charge in [-0.2, -0.15) is 5.10 Å². The standard InChI is InChI=1S/C16H12Cl2FN3O2/c17-13-5-4-11(7-14(13)18)16(24)20-9-15(23)22-21-8-10-2-1-3-12(19)6-10/h1-8H,9H2,(H,20,24)(H,22,23). The van der Waals surface area contributed by atoms with Crippen LogP contribution in [0, 0.1) is 5.82 Å². The second-order valence-corrected chi connectivity index (χ2v) is 5.47. The molecule has 0 aromatic heterocycles. The molecule has 0 atom stereocenters. The fourth-order valence-electron chi connectivity index (χ4n) is 1.71. The summed E-state index contributed by atoms with van der Waals surface area (Å²) in [4.78, 5) is 23.5. The molecule has 0 radical (unpaired) electrons. The van der Waals surface area contributed by atoms with Gasteiger partial charge in [-0.1, -0.05) is 35.3 Å². The molecule has 24 heavy (non-hydrogen) atoms. The summed E-state index contributed by atoms with van der Waals surface area (Å²) in [6, 6.07) is 10.1. The first-order valence-electron chi connectivity index (χ1n) is 6.76. The maximum atomic E-state index is 13.0. The number of hydrogen-bond donors (Lipinski definition) is 2. The predicted molar refractivity (Wildman–Crippen MR) is 90.9 cm³/mol. The van der Waals surface area contributed by atoms with E-state index in [9.17, 15) is 14.0 Å². The summed E-state index contributed by atoms with van der Waals surface area (Å²) in [6.07, 6.45) is 1.29. The topological polar surface area (TPSA) is 70.6 Å². The highest BCUT2D eigenvalue weighted by Crippen LogP contribution is 2.22. The monoisotopic (exact) mass is 367 g/mol. The number of rotatable bonds is 5. The van der Waals surface area contributed by atoms with E-state index in [-0.39, 0.29) is 17.1 Å². The molecule has 0 saturated heterocycles. The maximum absolute atomic E-state index is 13.0. The number of amides is 2. The van der Waals surface area contributed by atoms with Crippen LogP contribution in [0.2, 0.25) is 10.0 Å². The number of hydrogen-bond acceptors (Lipinski definition) is 3. The summed E-state index contributed by atoms with van der Waals surface area (Å²) in [5.41, 5.74) is 3.00. The second-order valence-electron chi connectivity index (χ2n) is 4.66. The van der Waals surface area contributed by atoms with Crippen LogP contribution in [0.5, 0.6) is 0 Å². The first-order valence-corrected chi connectivity index (χ1v) is 7.52. The second kappa shape index (κ2) is 8.42. The van der Waals surface area contributed by atoms with Crippen molar-refractivity contribution in [1.82, 2.24) is 10.7 Å². The normalized spacial score (nSPS) is 10.6. The van der Waals surface area contributed by atoms with E-state index in [4.69, 9.17) is 23.2 Å². The van der Waals surface area contributed by atoms with E-state index in [2.05, 4.69) is 15.8 Å². The third-order valence-corrected chi connectivity index (χ3v) is 3.58. The van der Waals surface area contributed by atoms with E-state index < -0.39 is 17.6 Å². The maximum Gasteiger partial charge on any atom is 0.259 e. The van der Waals surface area contributed by atoms with Crippen LogP contribution in [0.25, 0.3) is 0 Å². The van der Waals surface area contributed by atoms with Crippen molar-refractivity contribution in [2.24, 2.45) is 5.10 Å². The number of nitrogens with zero attached hydrogens (tertiary/aromatic N) is 1. The van der Waals surface area contributed by atoms with E-state index in [0.29, 0.717) is 10.6 Å². The van der Waals surface area contributed by atoms with E-state index in [1.807, 2.05) is 0 Å². The summed E-state index contributed by atoms with van der Waals surface area (Å²) >= 11 is 11.6. The summed E-state index contributed by atoms with van der Waals surface area (Å²) in [7, 11) is 0. The Hall–Kier alpha value is -2.44. The van der Waals surface area contributed by atoms with Gasteiger partial charge in [-0.3, -0.25) is 9.59 Å². The molecule has 2 aromatic carbocycles. The molecule has 0 aliphatic carbocycles. The van der Waals surface area contributed by atoms with Gasteiger partial charge in [0.25, 0.3) is 11.8 Å². The van der Waals surface area contributed by atoms with Gasteiger partial charge >= 0.3 is 0 Å². The molecular weight excluding hydrogens is 356 g/mol. The van der Waals surface area contributed by atoms with Crippen molar-refractivity contribution >= 4 is 41.2 Å². The molecule has 8 heteroatoms. The third kappa shape index (κ3) is 5.33. The van der Waals surface area contributed by atoms with Crippen molar-refractivity contribution < 1.29 is 14.0 Å². The van der Waals surface area contributed by atoms with Crippen LogP contribution in [0.1, 0.15) is 15.9 Å². The minimum atomic E-state index is -0.531. The Morgan fingerprint density at radius 3 is 2.62 bits per heavy atom. The van der Waals surface area contributed by atoms with Crippen LogP contribution in [0.4, 0.5) is 4.39 Å². The quantitative estimate of drug-likeness (QED) is 0.629. The molecule has 0 heterocycles. The van der Waals surface area contributed by atoms with Crippen molar-refractivity contribution in [3.05, 3.63) is 69.5 Å². The summed E-state index contributed by atoms with van der Waals surface area (Å²) in [5.74, 6) is -1.41. The van der Waals surface area contributed by atoms with Gasteiger partial charge in [0.05, 0.1) is 22.8 Å². The molecule has 0 aliphatic heterocycles. The summed E-state index contributed by atoms with van der Waals surface area (Å²) in [5, 5.41) is 6.67. The third-order valence-electron chi connectivity index (χ3n) is 2.84.